The average Bonchev–Trinajstić information content (AvgIpc) is 2.40. The van der Waals surface area contributed by atoms with E-state index in [0.717, 1.165) is 5.56 Å². The predicted molar refractivity (Wildman–Crippen MR) is 73.2 cm³/mol. The fourth-order valence-corrected chi connectivity index (χ4v) is 1.76. The van der Waals surface area contributed by atoms with E-state index in [2.05, 4.69) is 5.32 Å². The van der Waals surface area contributed by atoms with Crippen molar-refractivity contribution in [3.8, 4) is 0 Å². The first-order valence-electron chi connectivity index (χ1n) is 6.01. The van der Waals surface area contributed by atoms with Crippen LogP contribution in [-0.2, 0) is 11.2 Å². The molecule has 2 rings (SSSR count). The number of nitrogens with one attached hydrogen (secondary N) is 1. The number of anilines is 1. The Labute approximate surface area is 111 Å². The van der Waals surface area contributed by atoms with Crippen LogP contribution in [0.25, 0.3) is 0 Å². The third kappa shape index (κ3) is 3.89. The van der Waals surface area contributed by atoms with Crippen molar-refractivity contribution in [1.29, 1.82) is 0 Å². The SMILES string of the molecule is N[C@@H](Cc1ccccc1)C(=O)Nc1cccc(F)c1. The number of benzene rings is 2. The lowest BCUT2D eigenvalue weighted by Crippen LogP contribution is -2.37. The third-order valence-corrected chi connectivity index (χ3v) is 2.73. The van der Waals surface area contributed by atoms with E-state index in [1.165, 1.54) is 18.2 Å². The van der Waals surface area contributed by atoms with E-state index in [-0.39, 0.29) is 5.91 Å². The molecule has 0 aromatic heterocycles. The number of nitrogens with two attached hydrogens (primary N) is 1. The zero-order valence-electron chi connectivity index (χ0n) is 10.3. The summed E-state index contributed by atoms with van der Waals surface area (Å²) in [5.74, 6) is -0.719. The monoisotopic (exact) mass is 258 g/mol. The molecule has 0 radical (unpaired) electrons. The van der Waals surface area contributed by atoms with Crippen LogP contribution < -0.4 is 11.1 Å². The summed E-state index contributed by atoms with van der Waals surface area (Å²) in [5.41, 5.74) is 7.23. The highest BCUT2D eigenvalue weighted by molar-refractivity contribution is 5.94. The van der Waals surface area contributed by atoms with Crippen molar-refractivity contribution >= 4 is 11.6 Å². The Morgan fingerprint density at radius 2 is 1.89 bits per heavy atom. The number of hydrogen-bond donors (Lipinski definition) is 2. The summed E-state index contributed by atoms with van der Waals surface area (Å²) in [4.78, 5) is 11.9. The number of halogens is 1. The lowest BCUT2D eigenvalue weighted by Gasteiger charge is -2.12. The van der Waals surface area contributed by atoms with Crippen LogP contribution in [0.5, 0.6) is 0 Å². The van der Waals surface area contributed by atoms with E-state index in [1.807, 2.05) is 30.3 Å². The fraction of sp³-hybridized carbons (Fsp3) is 0.133. The Morgan fingerprint density at radius 3 is 2.58 bits per heavy atom. The molecule has 0 saturated carbocycles. The van der Waals surface area contributed by atoms with Gasteiger partial charge in [-0.3, -0.25) is 4.79 Å². The molecule has 2 aromatic carbocycles. The molecule has 0 heterocycles. The van der Waals surface area contributed by atoms with Gasteiger partial charge in [0.05, 0.1) is 6.04 Å². The maximum Gasteiger partial charge on any atom is 0.241 e. The molecule has 2 aromatic rings. The molecule has 0 aliphatic carbocycles. The first-order valence-corrected chi connectivity index (χ1v) is 6.01. The van der Waals surface area contributed by atoms with Crippen molar-refractivity contribution in [3.05, 3.63) is 66.0 Å². The van der Waals surface area contributed by atoms with Gasteiger partial charge in [-0.25, -0.2) is 4.39 Å². The van der Waals surface area contributed by atoms with Crippen LogP contribution in [0.2, 0.25) is 0 Å². The number of amides is 1. The molecule has 0 aliphatic heterocycles. The maximum absolute atomic E-state index is 13.0. The minimum atomic E-state index is -0.661. The topological polar surface area (TPSA) is 55.1 Å². The summed E-state index contributed by atoms with van der Waals surface area (Å²) >= 11 is 0. The molecule has 19 heavy (non-hydrogen) atoms. The molecule has 3 nitrogen and oxygen atoms in total. The molecule has 0 saturated heterocycles. The van der Waals surface area contributed by atoms with Gasteiger partial charge in [0.2, 0.25) is 5.91 Å². The first-order chi connectivity index (χ1) is 9.15. The van der Waals surface area contributed by atoms with Crippen LogP contribution >= 0.6 is 0 Å². The number of rotatable bonds is 4. The van der Waals surface area contributed by atoms with Gasteiger partial charge in [-0.1, -0.05) is 36.4 Å². The molecule has 98 valence electrons. The third-order valence-electron chi connectivity index (χ3n) is 2.73. The molecule has 0 bridgehead atoms. The highest BCUT2D eigenvalue weighted by Gasteiger charge is 2.14. The van der Waals surface area contributed by atoms with Crippen molar-refractivity contribution in [1.82, 2.24) is 0 Å². The van der Waals surface area contributed by atoms with Crippen molar-refractivity contribution < 1.29 is 9.18 Å². The van der Waals surface area contributed by atoms with Crippen LogP contribution in [0, 0.1) is 5.82 Å². The average molecular weight is 258 g/mol. The number of carbonyl (C=O) groups is 1. The molecular formula is C15H15FN2O. The van der Waals surface area contributed by atoms with Crippen molar-refractivity contribution in [2.24, 2.45) is 5.73 Å². The van der Waals surface area contributed by atoms with Crippen molar-refractivity contribution in [2.75, 3.05) is 5.32 Å². The summed E-state index contributed by atoms with van der Waals surface area (Å²) in [6.45, 7) is 0. The van der Waals surface area contributed by atoms with Gasteiger partial charge in [0.15, 0.2) is 0 Å². The quantitative estimate of drug-likeness (QED) is 0.884. The van der Waals surface area contributed by atoms with Crippen LogP contribution in [0.4, 0.5) is 10.1 Å². The molecule has 3 N–H and O–H groups in total. The lowest BCUT2D eigenvalue weighted by atomic mass is 10.1. The smallest absolute Gasteiger partial charge is 0.241 e. The van der Waals surface area contributed by atoms with Crippen LogP contribution in [0.3, 0.4) is 0 Å². The zero-order valence-corrected chi connectivity index (χ0v) is 10.3. The number of carbonyl (C=O) groups excluding carboxylic acids is 1. The second-order valence-electron chi connectivity index (χ2n) is 4.30. The summed E-state index contributed by atoms with van der Waals surface area (Å²) in [6.07, 6.45) is 0.446. The van der Waals surface area contributed by atoms with E-state index in [4.69, 9.17) is 5.73 Å². The Hall–Kier alpha value is -2.20. The largest absolute Gasteiger partial charge is 0.325 e. The minimum absolute atomic E-state index is 0.325. The second kappa shape index (κ2) is 6.11. The molecule has 0 spiro atoms. The molecule has 0 unspecified atom stereocenters. The van der Waals surface area contributed by atoms with E-state index in [0.29, 0.717) is 12.1 Å². The molecular weight excluding hydrogens is 243 g/mol. The van der Waals surface area contributed by atoms with Crippen LogP contribution in [0.15, 0.2) is 54.6 Å². The lowest BCUT2D eigenvalue weighted by molar-refractivity contribution is -0.117. The van der Waals surface area contributed by atoms with E-state index >= 15 is 0 Å². The van der Waals surface area contributed by atoms with Gasteiger partial charge in [-0.15, -0.1) is 0 Å². The van der Waals surface area contributed by atoms with Crippen LogP contribution in [0.1, 0.15) is 5.56 Å². The van der Waals surface area contributed by atoms with Gasteiger partial charge in [0.25, 0.3) is 0 Å². The Morgan fingerprint density at radius 1 is 1.16 bits per heavy atom. The summed E-state index contributed by atoms with van der Waals surface area (Å²) in [5, 5.41) is 2.60. The van der Waals surface area contributed by atoms with Gasteiger partial charge in [0, 0.05) is 5.69 Å². The van der Waals surface area contributed by atoms with Gasteiger partial charge < -0.3 is 11.1 Å². The maximum atomic E-state index is 13.0. The van der Waals surface area contributed by atoms with E-state index in [1.54, 1.807) is 6.07 Å². The molecule has 1 amide bonds. The van der Waals surface area contributed by atoms with Crippen molar-refractivity contribution in [3.63, 3.8) is 0 Å². The second-order valence-corrected chi connectivity index (χ2v) is 4.30. The van der Waals surface area contributed by atoms with E-state index in [9.17, 15) is 9.18 Å². The summed E-state index contributed by atoms with van der Waals surface area (Å²) < 4.78 is 13.0. The Kier molecular flexibility index (Phi) is 4.26. The van der Waals surface area contributed by atoms with Crippen molar-refractivity contribution in [2.45, 2.75) is 12.5 Å². The molecule has 0 aliphatic rings. The zero-order chi connectivity index (χ0) is 13.7. The van der Waals surface area contributed by atoms with Gasteiger partial charge in [0.1, 0.15) is 5.82 Å². The highest BCUT2D eigenvalue weighted by Crippen LogP contribution is 2.10. The van der Waals surface area contributed by atoms with E-state index < -0.39 is 11.9 Å². The summed E-state index contributed by atoms with van der Waals surface area (Å²) in [7, 11) is 0. The summed E-state index contributed by atoms with van der Waals surface area (Å²) in [6, 6.07) is 14.6. The first kappa shape index (κ1) is 13.2. The standard InChI is InChI=1S/C15H15FN2O/c16-12-7-4-8-13(10-12)18-15(19)14(17)9-11-5-2-1-3-6-11/h1-8,10,14H,9,17H2,(H,18,19)/t14-/m0/s1. The molecule has 0 fully saturated rings. The van der Waals surface area contributed by atoms with Gasteiger partial charge in [-0.2, -0.15) is 0 Å². The fourth-order valence-electron chi connectivity index (χ4n) is 1.76. The van der Waals surface area contributed by atoms with Gasteiger partial charge in [-0.05, 0) is 30.2 Å². The van der Waals surface area contributed by atoms with Crippen LogP contribution in [-0.4, -0.2) is 11.9 Å². The Balaban J connectivity index is 1.96. The van der Waals surface area contributed by atoms with Gasteiger partial charge >= 0.3 is 0 Å². The normalized spacial score (nSPS) is 11.9. The molecule has 4 heteroatoms. The number of hydrogen-bond acceptors (Lipinski definition) is 2. The molecule has 1 atom stereocenters. The highest BCUT2D eigenvalue weighted by atomic mass is 19.1. The minimum Gasteiger partial charge on any atom is -0.325 e. The Bertz CT molecular complexity index is 557. The predicted octanol–water partition coefficient (Wildman–Crippen LogP) is 2.33.